The second kappa shape index (κ2) is 8.72. The molecule has 0 aromatic heterocycles. The van der Waals surface area contributed by atoms with Gasteiger partial charge < -0.3 is 15.4 Å². The van der Waals surface area contributed by atoms with E-state index in [1.54, 1.807) is 0 Å². The largest absolute Gasteiger partial charge is 0.381 e. The Hall–Kier alpha value is -1.39. The molecular formula is C16H26N2O2. The topological polar surface area (TPSA) is 55.6 Å². The van der Waals surface area contributed by atoms with Gasteiger partial charge in [-0.25, -0.2) is 0 Å². The Bertz CT molecular complexity index is 401. The molecule has 0 atom stereocenters. The number of nitrogens with two attached hydrogens (primary N) is 1. The predicted octanol–water partition coefficient (Wildman–Crippen LogP) is 2.70. The standard InChI is InChI=1S/C16H26N2O2/c1-4-10-20-11-9-16(19)18(13(2)3)15-7-5-14(12-17)6-8-15/h5-8,13H,4,9-12,17H2,1-3H3. The van der Waals surface area contributed by atoms with Crippen LogP contribution >= 0.6 is 0 Å². The molecule has 0 bridgehead atoms. The molecule has 1 aromatic rings. The van der Waals surface area contributed by atoms with E-state index in [1.807, 2.05) is 43.0 Å². The summed E-state index contributed by atoms with van der Waals surface area (Å²) >= 11 is 0. The molecule has 2 N–H and O–H groups in total. The molecular weight excluding hydrogens is 252 g/mol. The molecule has 0 saturated carbocycles. The number of ether oxygens (including phenoxy) is 1. The Kier molecular flexibility index (Phi) is 7.26. The summed E-state index contributed by atoms with van der Waals surface area (Å²) in [6.45, 7) is 7.79. The third-order valence-electron chi connectivity index (χ3n) is 3.04. The fourth-order valence-corrected chi connectivity index (χ4v) is 2.05. The number of anilines is 1. The highest BCUT2D eigenvalue weighted by atomic mass is 16.5. The van der Waals surface area contributed by atoms with Gasteiger partial charge in [-0.15, -0.1) is 0 Å². The van der Waals surface area contributed by atoms with E-state index in [1.165, 1.54) is 0 Å². The van der Waals surface area contributed by atoms with Crippen LogP contribution in [0.2, 0.25) is 0 Å². The maximum absolute atomic E-state index is 12.3. The monoisotopic (exact) mass is 278 g/mol. The Balaban J connectivity index is 2.69. The van der Waals surface area contributed by atoms with Crippen LogP contribution in [-0.2, 0) is 16.1 Å². The van der Waals surface area contributed by atoms with E-state index in [9.17, 15) is 4.79 Å². The van der Waals surface area contributed by atoms with Gasteiger partial charge in [-0.05, 0) is 38.0 Å². The summed E-state index contributed by atoms with van der Waals surface area (Å²) in [5.74, 6) is 0.0941. The summed E-state index contributed by atoms with van der Waals surface area (Å²) in [6.07, 6.45) is 1.39. The smallest absolute Gasteiger partial charge is 0.229 e. The number of nitrogens with zero attached hydrogens (tertiary/aromatic N) is 1. The van der Waals surface area contributed by atoms with Crippen LogP contribution in [0.5, 0.6) is 0 Å². The number of carbonyl (C=O) groups excluding carboxylic acids is 1. The highest BCUT2D eigenvalue weighted by molar-refractivity contribution is 5.93. The Morgan fingerprint density at radius 2 is 1.90 bits per heavy atom. The predicted molar refractivity (Wildman–Crippen MR) is 82.7 cm³/mol. The average Bonchev–Trinajstić information content (AvgIpc) is 2.44. The quantitative estimate of drug-likeness (QED) is 0.744. The van der Waals surface area contributed by atoms with Gasteiger partial charge in [0.2, 0.25) is 5.91 Å². The van der Waals surface area contributed by atoms with E-state index in [2.05, 4.69) is 6.92 Å². The van der Waals surface area contributed by atoms with Crippen LogP contribution in [0, 0.1) is 0 Å². The van der Waals surface area contributed by atoms with Crippen LogP contribution in [0.15, 0.2) is 24.3 Å². The first-order valence-corrected chi connectivity index (χ1v) is 7.29. The Morgan fingerprint density at radius 3 is 2.40 bits per heavy atom. The van der Waals surface area contributed by atoms with Crippen LogP contribution in [0.3, 0.4) is 0 Å². The minimum Gasteiger partial charge on any atom is -0.381 e. The van der Waals surface area contributed by atoms with Gasteiger partial charge in [0, 0.05) is 24.9 Å². The van der Waals surface area contributed by atoms with E-state index in [0.29, 0.717) is 26.2 Å². The zero-order valence-electron chi connectivity index (χ0n) is 12.8. The molecule has 0 aliphatic carbocycles. The van der Waals surface area contributed by atoms with Crippen molar-refractivity contribution >= 4 is 11.6 Å². The summed E-state index contributed by atoms with van der Waals surface area (Å²) in [5.41, 5.74) is 7.57. The van der Waals surface area contributed by atoms with Gasteiger partial charge in [0.15, 0.2) is 0 Å². The minimum absolute atomic E-state index is 0.0941. The average molecular weight is 278 g/mol. The zero-order valence-corrected chi connectivity index (χ0v) is 12.8. The van der Waals surface area contributed by atoms with E-state index >= 15 is 0 Å². The summed E-state index contributed by atoms with van der Waals surface area (Å²) in [4.78, 5) is 14.1. The van der Waals surface area contributed by atoms with Crippen molar-refractivity contribution in [3.05, 3.63) is 29.8 Å². The molecule has 0 aliphatic rings. The molecule has 0 spiro atoms. The fraction of sp³-hybridized carbons (Fsp3) is 0.562. The van der Waals surface area contributed by atoms with Crippen molar-refractivity contribution in [1.29, 1.82) is 0 Å². The molecule has 0 heterocycles. The highest BCUT2D eigenvalue weighted by Gasteiger charge is 2.18. The van der Waals surface area contributed by atoms with Crippen molar-refractivity contribution < 1.29 is 9.53 Å². The number of hydrogen-bond donors (Lipinski definition) is 1. The van der Waals surface area contributed by atoms with Crippen LogP contribution in [0.4, 0.5) is 5.69 Å². The maximum Gasteiger partial charge on any atom is 0.229 e. The van der Waals surface area contributed by atoms with Crippen molar-refractivity contribution in [2.24, 2.45) is 5.73 Å². The Labute approximate surface area is 121 Å². The number of amides is 1. The first kappa shape index (κ1) is 16.7. The summed E-state index contributed by atoms with van der Waals surface area (Å²) < 4.78 is 5.39. The molecule has 1 amide bonds. The minimum atomic E-state index is 0.0941. The first-order chi connectivity index (χ1) is 9.60. The normalized spacial score (nSPS) is 10.8. The molecule has 0 fully saturated rings. The van der Waals surface area contributed by atoms with Crippen LogP contribution in [0.1, 0.15) is 39.2 Å². The Morgan fingerprint density at radius 1 is 1.25 bits per heavy atom. The third kappa shape index (κ3) is 4.94. The first-order valence-electron chi connectivity index (χ1n) is 7.29. The van der Waals surface area contributed by atoms with Crippen molar-refractivity contribution in [1.82, 2.24) is 0 Å². The molecule has 1 rings (SSSR count). The second-order valence-electron chi connectivity index (χ2n) is 5.09. The number of carbonyl (C=O) groups is 1. The number of rotatable bonds is 8. The molecule has 0 radical (unpaired) electrons. The summed E-state index contributed by atoms with van der Waals surface area (Å²) in [5, 5.41) is 0. The molecule has 4 heteroatoms. The van der Waals surface area contributed by atoms with Crippen molar-refractivity contribution in [3.63, 3.8) is 0 Å². The third-order valence-corrected chi connectivity index (χ3v) is 3.04. The summed E-state index contributed by atoms with van der Waals surface area (Å²) in [6, 6.07) is 7.95. The van der Waals surface area contributed by atoms with Gasteiger partial charge in [-0.2, -0.15) is 0 Å². The van der Waals surface area contributed by atoms with Crippen molar-refractivity contribution in [2.45, 2.75) is 46.2 Å². The molecule has 1 aromatic carbocycles. The SMILES string of the molecule is CCCOCCC(=O)N(c1ccc(CN)cc1)C(C)C. The molecule has 112 valence electrons. The maximum atomic E-state index is 12.3. The van der Waals surface area contributed by atoms with Crippen molar-refractivity contribution in [3.8, 4) is 0 Å². The lowest BCUT2D eigenvalue weighted by atomic mass is 10.1. The highest BCUT2D eigenvalue weighted by Crippen LogP contribution is 2.19. The van der Waals surface area contributed by atoms with E-state index in [-0.39, 0.29) is 11.9 Å². The molecule has 0 unspecified atom stereocenters. The van der Waals surface area contributed by atoms with E-state index in [4.69, 9.17) is 10.5 Å². The second-order valence-corrected chi connectivity index (χ2v) is 5.09. The van der Waals surface area contributed by atoms with Crippen LogP contribution in [0.25, 0.3) is 0 Å². The number of benzene rings is 1. The van der Waals surface area contributed by atoms with Gasteiger partial charge >= 0.3 is 0 Å². The van der Waals surface area contributed by atoms with Gasteiger partial charge in [0.05, 0.1) is 13.0 Å². The van der Waals surface area contributed by atoms with Gasteiger partial charge in [0.25, 0.3) is 0 Å². The summed E-state index contributed by atoms with van der Waals surface area (Å²) in [7, 11) is 0. The molecule has 0 aliphatic heterocycles. The van der Waals surface area contributed by atoms with Crippen LogP contribution < -0.4 is 10.6 Å². The lowest BCUT2D eigenvalue weighted by Crippen LogP contribution is -2.37. The molecule has 20 heavy (non-hydrogen) atoms. The lowest BCUT2D eigenvalue weighted by molar-refractivity contribution is -0.120. The molecule has 4 nitrogen and oxygen atoms in total. The van der Waals surface area contributed by atoms with Gasteiger partial charge in [-0.3, -0.25) is 4.79 Å². The van der Waals surface area contributed by atoms with Crippen LogP contribution in [-0.4, -0.2) is 25.2 Å². The zero-order chi connectivity index (χ0) is 15.0. The van der Waals surface area contributed by atoms with Gasteiger partial charge in [-0.1, -0.05) is 19.1 Å². The lowest BCUT2D eigenvalue weighted by Gasteiger charge is -2.27. The van der Waals surface area contributed by atoms with Crippen molar-refractivity contribution in [2.75, 3.05) is 18.1 Å². The molecule has 0 saturated heterocycles. The van der Waals surface area contributed by atoms with E-state index < -0.39 is 0 Å². The fourth-order valence-electron chi connectivity index (χ4n) is 2.05. The number of hydrogen-bond acceptors (Lipinski definition) is 3. The van der Waals surface area contributed by atoms with E-state index in [0.717, 1.165) is 17.7 Å². The van der Waals surface area contributed by atoms with Gasteiger partial charge in [0.1, 0.15) is 0 Å².